The van der Waals surface area contributed by atoms with E-state index in [-0.39, 0.29) is 5.03 Å². The Morgan fingerprint density at radius 3 is 3.00 bits per heavy atom. The number of nitrogens with one attached hydrogen (secondary N) is 1. The Bertz CT molecular complexity index is 479. The predicted octanol–water partition coefficient (Wildman–Crippen LogP) is 0.533. The maximum absolute atomic E-state index is 11.3. The van der Waals surface area contributed by atoms with Crippen molar-refractivity contribution in [3.8, 4) is 0 Å². The molecule has 1 aliphatic rings. The van der Waals surface area contributed by atoms with Gasteiger partial charge in [0.2, 0.25) is 5.03 Å². The molecule has 1 aliphatic heterocycles. The van der Waals surface area contributed by atoms with Crippen molar-refractivity contribution in [3.63, 3.8) is 0 Å². The van der Waals surface area contributed by atoms with E-state index >= 15 is 0 Å². The first-order valence-electron chi connectivity index (χ1n) is 3.61. The van der Waals surface area contributed by atoms with Crippen LogP contribution in [0.15, 0.2) is 21.7 Å². The van der Waals surface area contributed by atoms with Crippen molar-refractivity contribution in [2.45, 2.75) is 11.9 Å². The number of pyridine rings is 1. The second-order valence-electron chi connectivity index (χ2n) is 2.72. The summed E-state index contributed by atoms with van der Waals surface area (Å²) in [6.45, 7) is 1.84. The van der Waals surface area contributed by atoms with Gasteiger partial charge in [0.15, 0.2) is 0 Å². The number of aryl methyl sites for hydroxylation is 1. The Labute approximate surface area is 75.6 Å². The van der Waals surface area contributed by atoms with Crippen molar-refractivity contribution in [1.29, 1.82) is 0 Å². The Morgan fingerprint density at radius 1 is 1.46 bits per heavy atom. The molecule has 0 radical (unpaired) electrons. The van der Waals surface area contributed by atoms with Crippen LogP contribution in [-0.4, -0.2) is 19.7 Å². The molecule has 0 spiro atoms. The van der Waals surface area contributed by atoms with Crippen LogP contribution >= 0.6 is 0 Å². The molecular weight excluding hydrogens is 190 g/mol. The van der Waals surface area contributed by atoms with Gasteiger partial charge in [0.05, 0.1) is 5.69 Å². The number of nitrogens with zero attached hydrogens (tertiary/aromatic N) is 2. The Kier molecular flexibility index (Phi) is 1.59. The average Bonchev–Trinajstić information content (AvgIpc) is 2.02. The van der Waals surface area contributed by atoms with Gasteiger partial charge in [-0.05, 0) is 18.6 Å². The summed E-state index contributed by atoms with van der Waals surface area (Å²) in [6.07, 6.45) is 2.65. The molecule has 0 aliphatic carbocycles. The van der Waals surface area contributed by atoms with Crippen LogP contribution in [0.1, 0.15) is 5.56 Å². The molecular formula is C7H7N3O2S. The zero-order valence-electron chi connectivity index (χ0n) is 6.85. The van der Waals surface area contributed by atoms with Crippen LogP contribution in [0.2, 0.25) is 0 Å². The molecule has 2 heterocycles. The van der Waals surface area contributed by atoms with Gasteiger partial charge < -0.3 is 5.32 Å². The number of hydrogen-bond donors (Lipinski definition) is 1. The number of aromatic nitrogens is 1. The van der Waals surface area contributed by atoms with Gasteiger partial charge in [-0.1, -0.05) is 0 Å². The van der Waals surface area contributed by atoms with Gasteiger partial charge in [-0.3, -0.25) is 0 Å². The molecule has 1 aromatic rings. The minimum atomic E-state index is -3.56. The molecule has 5 nitrogen and oxygen atoms in total. The standard InChI is InChI=1S/C7H7N3O2S/c1-5-2-6-7(8-3-5)13(11,12)10-4-9-6/h2-4H,1H3,(H,9,10). The highest BCUT2D eigenvalue weighted by Crippen LogP contribution is 2.23. The number of anilines is 1. The lowest BCUT2D eigenvalue weighted by molar-refractivity contribution is 0.594. The Hall–Kier alpha value is -1.43. The van der Waals surface area contributed by atoms with Crippen LogP contribution in [-0.2, 0) is 10.0 Å². The quantitative estimate of drug-likeness (QED) is 0.658. The van der Waals surface area contributed by atoms with E-state index < -0.39 is 10.0 Å². The highest BCUT2D eigenvalue weighted by Gasteiger charge is 2.21. The highest BCUT2D eigenvalue weighted by molar-refractivity contribution is 7.90. The third-order valence-electron chi connectivity index (χ3n) is 1.64. The molecule has 13 heavy (non-hydrogen) atoms. The third-order valence-corrected chi connectivity index (χ3v) is 2.84. The van der Waals surface area contributed by atoms with E-state index in [1.807, 2.05) is 6.92 Å². The summed E-state index contributed by atoms with van der Waals surface area (Å²) in [5, 5.41) is 2.71. The van der Waals surface area contributed by atoms with Crippen molar-refractivity contribution in [3.05, 3.63) is 17.8 Å². The fraction of sp³-hybridized carbons (Fsp3) is 0.143. The number of rotatable bonds is 0. The molecule has 0 atom stereocenters. The van der Waals surface area contributed by atoms with Crippen molar-refractivity contribution in [2.75, 3.05) is 5.32 Å². The molecule has 0 unspecified atom stereocenters. The van der Waals surface area contributed by atoms with Gasteiger partial charge in [0, 0.05) is 6.20 Å². The summed E-state index contributed by atoms with van der Waals surface area (Å²) >= 11 is 0. The molecule has 1 N–H and O–H groups in total. The molecule has 0 aromatic carbocycles. The molecule has 2 rings (SSSR count). The molecule has 68 valence electrons. The van der Waals surface area contributed by atoms with Crippen LogP contribution < -0.4 is 5.32 Å². The number of sulfonamides is 1. The van der Waals surface area contributed by atoms with Gasteiger partial charge in [-0.2, -0.15) is 8.42 Å². The normalized spacial score (nSPS) is 17.6. The lowest BCUT2D eigenvalue weighted by atomic mass is 10.3. The van der Waals surface area contributed by atoms with E-state index in [9.17, 15) is 8.42 Å². The maximum Gasteiger partial charge on any atom is 0.303 e. The van der Waals surface area contributed by atoms with Crippen LogP contribution in [0.4, 0.5) is 5.69 Å². The zero-order valence-corrected chi connectivity index (χ0v) is 7.67. The first kappa shape index (κ1) is 8.18. The summed E-state index contributed by atoms with van der Waals surface area (Å²) < 4.78 is 25.9. The van der Waals surface area contributed by atoms with Gasteiger partial charge >= 0.3 is 10.0 Å². The van der Waals surface area contributed by atoms with E-state index in [1.54, 1.807) is 6.07 Å². The summed E-state index contributed by atoms with van der Waals surface area (Å²) in [6, 6.07) is 1.71. The predicted molar refractivity (Wildman–Crippen MR) is 48.3 cm³/mol. The fourth-order valence-corrected chi connectivity index (χ4v) is 1.95. The van der Waals surface area contributed by atoms with Crippen molar-refractivity contribution in [1.82, 2.24) is 4.98 Å². The smallest absolute Gasteiger partial charge is 0.303 e. The van der Waals surface area contributed by atoms with Gasteiger partial charge in [0.1, 0.15) is 6.34 Å². The molecule has 6 heteroatoms. The summed E-state index contributed by atoms with van der Waals surface area (Å²) in [5.41, 5.74) is 1.38. The first-order valence-corrected chi connectivity index (χ1v) is 5.05. The highest BCUT2D eigenvalue weighted by atomic mass is 32.2. The summed E-state index contributed by atoms with van der Waals surface area (Å²) in [4.78, 5) is 3.81. The van der Waals surface area contributed by atoms with Gasteiger partial charge in [-0.25, -0.2) is 4.98 Å². The van der Waals surface area contributed by atoms with E-state index in [0.717, 1.165) is 11.9 Å². The summed E-state index contributed by atoms with van der Waals surface area (Å²) in [7, 11) is -3.56. The van der Waals surface area contributed by atoms with E-state index in [4.69, 9.17) is 0 Å². The second kappa shape index (κ2) is 2.53. The molecule has 0 saturated heterocycles. The molecule has 0 bridgehead atoms. The largest absolute Gasteiger partial charge is 0.343 e. The van der Waals surface area contributed by atoms with Gasteiger partial charge in [-0.15, -0.1) is 4.40 Å². The van der Waals surface area contributed by atoms with Crippen molar-refractivity contribution in [2.24, 2.45) is 4.40 Å². The molecule has 0 saturated carbocycles. The SMILES string of the molecule is Cc1cnc2c(c1)NC=NS2(=O)=O. The lowest BCUT2D eigenvalue weighted by Gasteiger charge is -2.10. The third kappa shape index (κ3) is 1.29. The number of hydrogen-bond acceptors (Lipinski definition) is 4. The van der Waals surface area contributed by atoms with Crippen LogP contribution in [0.3, 0.4) is 0 Å². The maximum atomic E-state index is 11.3. The minimum Gasteiger partial charge on any atom is -0.343 e. The molecule has 0 amide bonds. The topological polar surface area (TPSA) is 71.4 Å². The van der Waals surface area contributed by atoms with Gasteiger partial charge in [0.25, 0.3) is 0 Å². The Morgan fingerprint density at radius 2 is 2.23 bits per heavy atom. The second-order valence-corrected chi connectivity index (χ2v) is 4.27. The van der Waals surface area contributed by atoms with Crippen molar-refractivity contribution >= 4 is 22.0 Å². The monoisotopic (exact) mass is 197 g/mol. The Balaban J connectivity index is 2.72. The average molecular weight is 197 g/mol. The zero-order chi connectivity index (χ0) is 9.47. The first-order chi connectivity index (χ1) is 6.09. The van der Waals surface area contributed by atoms with Crippen LogP contribution in [0, 0.1) is 6.92 Å². The van der Waals surface area contributed by atoms with Crippen molar-refractivity contribution < 1.29 is 8.42 Å². The summed E-state index contributed by atoms with van der Waals surface area (Å²) in [5.74, 6) is 0. The fourth-order valence-electron chi connectivity index (χ4n) is 1.08. The molecule has 1 aromatic heterocycles. The van der Waals surface area contributed by atoms with Crippen LogP contribution in [0.5, 0.6) is 0 Å². The lowest BCUT2D eigenvalue weighted by Crippen LogP contribution is -2.13. The van der Waals surface area contributed by atoms with Crippen LogP contribution in [0.25, 0.3) is 0 Å². The molecule has 0 fully saturated rings. The number of fused-ring (bicyclic) bond motifs is 1. The van der Waals surface area contributed by atoms with E-state index in [0.29, 0.717) is 5.69 Å². The minimum absolute atomic E-state index is 0.0133. The van der Waals surface area contributed by atoms with E-state index in [1.165, 1.54) is 6.20 Å². The van der Waals surface area contributed by atoms with E-state index in [2.05, 4.69) is 14.7 Å².